The van der Waals surface area contributed by atoms with Crippen molar-refractivity contribution in [2.45, 2.75) is 6.54 Å². The number of rotatable bonds is 5. The molecule has 104 valence electrons. The molecule has 0 aliphatic carbocycles. The van der Waals surface area contributed by atoms with Crippen molar-refractivity contribution < 1.29 is 19.2 Å². The molecule has 2 aromatic rings. The molecule has 1 aromatic heterocycles. The largest absolute Gasteiger partial charge is 0.480 e. The van der Waals surface area contributed by atoms with Gasteiger partial charge in [0.2, 0.25) is 0 Å². The van der Waals surface area contributed by atoms with E-state index in [4.69, 9.17) is 9.63 Å². The zero-order valence-corrected chi connectivity index (χ0v) is 10.5. The number of hydrogen-bond donors (Lipinski definition) is 2. The fourth-order valence-corrected chi connectivity index (χ4v) is 1.62. The third-order valence-electron chi connectivity index (χ3n) is 2.51. The highest BCUT2D eigenvalue weighted by molar-refractivity contribution is 5.96. The van der Waals surface area contributed by atoms with Crippen LogP contribution in [0.25, 0.3) is 0 Å². The summed E-state index contributed by atoms with van der Waals surface area (Å²) in [5.41, 5.74) is 0.505. The number of carbonyl (C=O) groups excluding carboxylic acids is 1. The minimum Gasteiger partial charge on any atom is -0.480 e. The van der Waals surface area contributed by atoms with Crippen LogP contribution in [0.5, 0.6) is 0 Å². The van der Waals surface area contributed by atoms with Crippen LogP contribution in [-0.4, -0.2) is 28.8 Å². The molecule has 0 aliphatic rings. The molecule has 2 N–H and O–H groups in total. The van der Waals surface area contributed by atoms with Gasteiger partial charge in [-0.25, -0.2) is 4.79 Å². The van der Waals surface area contributed by atoms with Gasteiger partial charge in [0.05, 0.1) is 12.7 Å². The van der Waals surface area contributed by atoms with E-state index in [1.807, 2.05) is 0 Å². The number of benzene rings is 1. The molecule has 0 aliphatic heterocycles. The van der Waals surface area contributed by atoms with Crippen LogP contribution in [0, 0.1) is 0 Å². The Morgan fingerprint density at radius 2 is 2.00 bits per heavy atom. The van der Waals surface area contributed by atoms with Gasteiger partial charge in [0.25, 0.3) is 0 Å². The van der Waals surface area contributed by atoms with Crippen molar-refractivity contribution in [3.05, 3.63) is 48.4 Å². The second-order valence-corrected chi connectivity index (χ2v) is 3.95. The molecule has 7 heteroatoms. The highest BCUT2D eigenvalue weighted by Gasteiger charge is 2.18. The second-order valence-electron chi connectivity index (χ2n) is 3.95. The van der Waals surface area contributed by atoms with Crippen molar-refractivity contribution >= 4 is 17.7 Å². The van der Waals surface area contributed by atoms with E-state index in [9.17, 15) is 9.59 Å². The standard InChI is InChI=1S/C13H13N3O4/c17-12(18)9-16(10-4-2-1-3-5-10)13(19)14-8-11-6-7-15-20-11/h1-7H,8-9H2,(H,14,19)(H,17,18). The molecule has 20 heavy (non-hydrogen) atoms. The van der Waals surface area contributed by atoms with Crippen LogP contribution in [0.15, 0.2) is 47.1 Å². The molecule has 0 atom stereocenters. The monoisotopic (exact) mass is 275 g/mol. The van der Waals surface area contributed by atoms with E-state index in [2.05, 4.69) is 10.5 Å². The number of carboxylic acids is 1. The fourth-order valence-electron chi connectivity index (χ4n) is 1.62. The predicted molar refractivity (Wildman–Crippen MR) is 70.2 cm³/mol. The van der Waals surface area contributed by atoms with Gasteiger partial charge in [-0.05, 0) is 12.1 Å². The predicted octanol–water partition coefficient (Wildman–Crippen LogP) is 1.48. The van der Waals surface area contributed by atoms with Crippen LogP contribution in [0.4, 0.5) is 10.5 Å². The highest BCUT2D eigenvalue weighted by atomic mass is 16.5. The van der Waals surface area contributed by atoms with E-state index < -0.39 is 18.5 Å². The number of amides is 2. The lowest BCUT2D eigenvalue weighted by molar-refractivity contribution is -0.135. The number of hydrogen-bond acceptors (Lipinski definition) is 4. The Bertz CT molecular complexity index is 569. The SMILES string of the molecule is O=C(O)CN(C(=O)NCc1ccno1)c1ccccc1. The van der Waals surface area contributed by atoms with Gasteiger partial charge in [-0.15, -0.1) is 0 Å². The topological polar surface area (TPSA) is 95.7 Å². The summed E-state index contributed by atoms with van der Waals surface area (Å²) in [6.07, 6.45) is 1.47. The van der Waals surface area contributed by atoms with Crippen molar-refractivity contribution in [3.8, 4) is 0 Å². The van der Waals surface area contributed by atoms with Crippen LogP contribution in [0.2, 0.25) is 0 Å². The lowest BCUT2D eigenvalue weighted by Crippen LogP contribution is -2.42. The van der Waals surface area contributed by atoms with E-state index in [0.29, 0.717) is 11.4 Å². The number of para-hydroxylation sites is 1. The summed E-state index contributed by atoms with van der Waals surface area (Å²) in [5, 5.41) is 15.0. The number of aliphatic carboxylic acids is 1. The van der Waals surface area contributed by atoms with Crippen molar-refractivity contribution in [2.24, 2.45) is 0 Å². The summed E-state index contributed by atoms with van der Waals surface area (Å²) in [4.78, 5) is 24.1. The zero-order valence-electron chi connectivity index (χ0n) is 10.5. The van der Waals surface area contributed by atoms with Gasteiger partial charge in [0, 0.05) is 11.8 Å². The van der Waals surface area contributed by atoms with Crippen LogP contribution < -0.4 is 10.2 Å². The Hall–Kier alpha value is -2.83. The van der Waals surface area contributed by atoms with Crippen molar-refractivity contribution in [2.75, 3.05) is 11.4 Å². The lowest BCUT2D eigenvalue weighted by Gasteiger charge is -2.20. The molecule has 2 amide bonds. The van der Waals surface area contributed by atoms with Gasteiger partial charge in [0.1, 0.15) is 6.54 Å². The van der Waals surface area contributed by atoms with Crippen molar-refractivity contribution in [1.82, 2.24) is 10.5 Å². The number of aromatic nitrogens is 1. The Balaban J connectivity index is 2.06. The van der Waals surface area contributed by atoms with E-state index in [0.717, 1.165) is 4.90 Å². The second kappa shape index (κ2) is 6.37. The molecular formula is C13H13N3O4. The Kier molecular flexibility index (Phi) is 4.33. The Labute approximate surface area is 114 Å². The summed E-state index contributed by atoms with van der Waals surface area (Å²) in [6, 6.07) is 9.67. The van der Waals surface area contributed by atoms with Crippen molar-refractivity contribution in [1.29, 1.82) is 0 Å². The van der Waals surface area contributed by atoms with Gasteiger partial charge in [-0.2, -0.15) is 0 Å². The van der Waals surface area contributed by atoms with E-state index in [1.165, 1.54) is 6.20 Å². The van der Waals surface area contributed by atoms with Crippen LogP contribution in [-0.2, 0) is 11.3 Å². The van der Waals surface area contributed by atoms with E-state index in [1.54, 1.807) is 36.4 Å². The van der Waals surface area contributed by atoms with Crippen LogP contribution in [0.1, 0.15) is 5.76 Å². The Morgan fingerprint density at radius 1 is 1.25 bits per heavy atom. The first-order valence-corrected chi connectivity index (χ1v) is 5.88. The summed E-state index contributed by atoms with van der Waals surface area (Å²) < 4.78 is 4.85. The molecule has 0 radical (unpaired) electrons. The van der Waals surface area contributed by atoms with Gasteiger partial charge >= 0.3 is 12.0 Å². The molecule has 2 rings (SSSR count). The van der Waals surface area contributed by atoms with E-state index >= 15 is 0 Å². The summed E-state index contributed by atoms with van der Waals surface area (Å²) >= 11 is 0. The molecule has 1 aromatic carbocycles. The normalized spacial score (nSPS) is 10.0. The maximum absolute atomic E-state index is 12.1. The number of carboxylic acid groups (broad SMARTS) is 1. The lowest BCUT2D eigenvalue weighted by atomic mass is 10.3. The Morgan fingerprint density at radius 3 is 2.60 bits per heavy atom. The number of urea groups is 1. The molecule has 0 fully saturated rings. The quantitative estimate of drug-likeness (QED) is 0.861. The van der Waals surface area contributed by atoms with Crippen LogP contribution >= 0.6 is 0 Å². The molecule has 7 nitrogen and oxygen atoms in total. The third-order valence-corrected chi connectivity index (χ3v) is 2.51. The van der Waals surface area contributed by atoms with Gasteiger partial charge < -0.3 is 14.9 Å². The van der Waals surface area contributed by atoms with Crippen molar-refractivity contribution in [3.63, 3.8) is 0 Å². The molecule has 0 unspecified atom stereocenters. The number of nitrogens with one attached hydrogen (secondary N) is 1. The fraction of sp³-hybridized carbons (Fsp3) is 0.154. The molecule has 0 saturated carbocycles. The molecule has 0 bridgehead atoms. The minimum atomic E-state index is -1.09. The third kappa shape index (κ3) is 3.58. The van der Waals surface area contributed by atoms with Gasteiger partial charge in [-0.1, -0.05) is 23.4 Å². The molecule has 0 saturated heterocycles. The average Bonchev–Trinajstić information content (AvgIpc) is 2.96. The van der Waals surface area contributed by atoms with Gasteiger partial charge in [-0.3, -0.25) is 9.69 Å². The first-order valence-electron chi connectivity index (χ1n) is 5.88. The highest BCUT2D eigenvalue weighted by Crippen LogP contribution is 2.13. The number of anilines is 1. The summed E-state index contributed by atoms with van der Waals surface area (Å²) in [5.74, 6) is -0.606. The average molecular weight is 275 g/mol. The molecule has 0 spiro atoms. The molecule has 1 heterocycles. The first kappa shape index (κ1) is 13.6. The maximum Gasteiger partial charge on any atom is 0.323 e. The first-order chi connectivity index (χ1) is 9.66. The van der Waals surface area contributed by atoms with Gasteiger partial charge in [0.15, 0.2) is 5.76 Å². The summed E-state index contributed by atoms with van der Waals surface area (Å²) in [6.45, 7) is -0.284. The smallest absolute Gasteiger partial charge is 0.323 e. The minimum absolute atomic E-state index is 0.141. The number of nitrogens with zero attached hydrogens (tertiary/aromatic N) is 2. The van der Waals surface area contributed by atoms with Crippen LogP contribution in [0.3, 0.4) is 0 Å². The maximum atomic E-state index is 12.1. The number of carbonyl (C=O) groups is 2. The van der Waals surface area contributed by atoms with E-state index in [-0.39, 0.29) is 6.54 Å². The summed E-state index contributed by atoms with van der Waals surface area (Å²) in [7, 11) is 0. The zero-order chi connectivity index (χ0) is 14.4. The molecular weight excluding hydrogens is 262 g/mol.